The Labute approximate surface area is 216 Å². The molecule has 1 N–H and O–H groups in total. The third kappa shape index (κ3) is 6.29. The molecule has 0 atom stereocenters. The number of halogens is 1. The number of carbonyl (C=O) groups is 1. The van der Waals surface area contributed by atoms with Crippen LogP contribution in [0.4, 0.5) is 0 Å². The lowest BCUT2D eigenvalue weighted by Crippen LogP contribution is -2.06. The standard InChI is InChI=1S/C28H33IN2O3/c1-4-7-12-20-16-22(13-8-5-2)26(32)23(17-20)19-30-31-25(21-14-10-9-11-15-21)18-24(27(31)29)28(33)34-6-3/h9-11,14-19,32H,4-8,12-13H2,1-3H3/b30-19+. The van der Waals surface area contributed by atoms with Crippen molar-refractivity contribution in [2.75, 3.05) is 6.61 Å². The van der Waals surface area contributed by atoms with Crippen LogP contribution < -0.4 is 0 Å². The summed E-state index contributed by atoms with van der Waals surface area (Å²) in [6.45, 7) is 6.44. The Morgan fingerprint density at radius 3 is 2.44 bits per heavy atom. The number of aromatic nitrogens is 1. The first-order valence-electron chi connectivity index (χ1n) is 12.0. The van der Waals surface area contributed by atoms with E-state index in [1.165, 1.54) is 5.56 Å². The molecule has 0 fully saturated rings. The highest BCUT2D eigenvalue weighted by Crippen LogP contribution is 2.29. The zero-order valence-corrected chi connectivity index (χ0v) is 22.3. The maximum Gasteiger partial charge on any atom is 0.340 e. The molecule has 3 rings (SSSR count). The molecular weight excluding hydrogens is 539 g/mol. The maximum atomic E-state index is 12.5. The van der Waals surface area contributed by atoms with Crippen molar-refractivity contribution in [2.45, 2.75) is 59.3 Å². The number of hydrogen-bond donors (Lipinski definition) is 1. The number of phenolic OH excluding ortho intramolecular Hbond substituents is 1. The Morgan fingerprint density at radius 2 is 1.76 bits per heavy atom. The predicted molar refractivity (Wildman–Crippen MR) is 147 cm³/mol. The van der Waals surface area contributed by atoms with Gasteiger partial charge in [0.15, 0.2) is 0 Å². The van der Waals surface area contributed by atoms with Gasteiger partial charge in [0.2, 0.25) is 0 Å². The van der Waals surface area contributed by atoms with E-state index >= 15 is 0 Å². The van der Waals surface area contributed by atoms with Crippen molar-refractivity contribution in [1.29, 1.82) is 0 Å². The van der Waals surface area contributed by atoms with E-state index in [-0.39, 0.29) is 11.7 Å². The summed E-state index contributed by atoms with van der Waals surface area (Å²) in [4.78, 5) is 12.5. The van der Waals surface area contributed by atoms with Crippen LogP contribution in [-0.4, -0.2) is 28.6 Å². The number of rotatable bonds is 11. The van der Waals surface area contributed by atoms with E-state index in [1.54, 1.807) is 17.8 Å². The third-order valence-electron chi connectivity index (χ3n) is 5.69. The summed E-state index contributed by atoms with van der Waals surface area (Å²) >= 11 is 2.13. The van der Waals surface area contributed by atoms with E-state index in [9.17, 15) is 9.90 Å². The lowest BCUT2D eigenvalue weighted by molar-refractivity contribution is 0.0525. The van der Waals surface area contributed by atoms with Gasteiger partial charge in [-0.1, -0.05) is 63.1 Å². The molecule has 6 heteroatoms. The molecule has 180 valence electrons. The van der Waals surface area contributed by atoms with E-state index in [1.807, 2.05) is 42.5 Å². The molecule has 1 aromatic heterocycles. The topological polar surface area (TPSA) is 63.8 Å². The predicted octanol–water partition coefficient (Wildman–Crippen LogP) is 7.21. The first-order valence-corrected chi connectivity index (χ1v) is 13.1. The number of hydrogen-bond acceptors (Lipinski definition) is 4. The molecule has 0 amide bonds. The third-order valence-corrected chi connectivity index (χ3v) is 6.73. The summed E-state index contributed by atoms with van der Waals surface area (Å²) in [7, 11) is 0. The van der Waals surface area contributed by atoms with Gasteiger partial charge >= 0.3 is 5.97 Å². The highest BCUT2D eigenvalue weighted by molar-refractivity contribution is 14.1. The van der Waals surface area contributed by atoms with Crippen molar-refractivity contribution in [3.63, 3.8) is 0 Å². The molecule has 0 aliphatic carbocycles. The number of aromatic hydroxyl groups is 1. The van der Waals surface area contributed by atoms with Crippen molar-refractivity contribution in [2.24, 2.45) is 5.10 Å². The number of benzene rings is 2. The Hall–Kier alpha value is -2.61. The molecule has 2 aromatic carbocycles. The molecule has 1 heterocycles. The van der Waals surface area contributed by atoms with Crippen LogP contribution in [0.5, 0.6) is 5.75 Å². The van der Waals surface area contributed by atoms with Crippen LogP contribution in [0.3, 0.4) is 0 Å². The van der Waals surface area contributed by atoms with E-state index in [2.05, 4.69) is 42.5 Å². The number of nitrogens with zero attached hydrogens (tertiary/aromatic N) is 2. The molecule has 0 aliphatic heterocycles. The van der Waals surface area contributed by atoms with E-state index < -0.39 is 0 Å². The lowest BCUT2D eigenvalue weighted by atomic mass is 9.97. The van der Waals surface area contributed by atoms with Gasteiger partial charge in [-0.05, 0) is 78.5 Å². The van der Waals surface area contributed by atoms with Crippen molar-refractivity contribution >= 4 is 34.8 Å². The van der Waals surface area contributed by atoms with Gasteiger partial charge in [0.05, 0.1) is 24.1 Å². The molecule has 3 aromatic rings. The minimum atomic E-state index is -0.371. The van der Waals surface area contributed by atoms with Gasteiger partial charge in [0.25, 0.3) is 0 Å². The summed E-state index contributed by atoms with van der Waals surface area (Å²) < 4.78 is 7.66. The minimum Gasteiger partial charge on any atom is -0.507 e. The van der Waals surface area contributed by atoms with E-state index in [0.717, 1.165) is 55.3 Å². The average molecular weight is 572 g/mol. The second-order valence-electron chi connectivity index (χ2n) is 8.28. The number of aryl methyl sites for hydroxylation is 2. The van der Waals surface area contributed by atoms with Crippen LogP contribution in [-0.2, 0) is 17.6 Å². The molecule has 0 bridgehead atoms. The summed E-state index contributed by atoms with van der Waals surface area (Å²) in [5, 5.41) is 15.7. The Morgan fingerprint density at radius 1 is 1.06 bits per heavy atom. The molecule has 0 unspecified atom stereocenters. The number of ether oxygens (including phenoxy) is 1. The Bertz CT molecular complexity index is 1140. The van der Waals surface area contributed by atoms with Crippen molar-refractivity contribution < 1.29 is 14.6 Å². The molecule has 0 aliphatic rings. The zero-order valence-electron chi connectivity index (χ0n) is 20.2. The van der Waals surface area contributed by atoms with Gasteiger partial charge in [-0.15, -0.1) is 0 Å². The largest absolute Gasteiger partial charge is 0.507 e. The number of carbonyl (C=O) groups excluding carboxylic acids is 1. The monoisotopic (exact) mass is 572 g/mol. The fraction of sp³-hybridized carbons (Fsp3) is 0.357. The number of phenols is 1. The van der Waals surface area contributed by atoms with E-state index in [0.29, 0.717) is 21.4 Å². The van der Waals surface area contributed by atoms with Crippen molar-refractivity contribution in [1.82, 2.24) is 4.68 Å². The molecule has 34 heavy (non-hydrogen) atoms. The minimum absolute atomic E-state index is 0.284. The fourth-order valence-corrected chi connectivity index (χ4v) is 4.61. The van der Waals surface area contributed by atoms with Crippen LogP contribution in [0.25, 0.3) is 11.3 Å². The van der Waals surface area contributed by atoms with Gasteiger partial charge in [-0.3, -0.25) is 0 Å². The van der Waals surface area contributed by atoms with Crippen LogP contribution in [0.1, 0.15) is 73.5 Å². The second kappa shape index (κ2) is 12.7. The van der Waals surface area contributed by atoms with Crippen molar-refractivity contribution in [3.05, 3.63) is 74.5 Å². The van der Waals surface area contributed by atoms with Gasteiger partial charge in [-0.2, -0.15) is 5.10 Å². The van der Waals surface area contributed by atoms with Crippen LogP contribution in [0.2, 0.25) is 0 Å². The molecule has 0 saturated heterocycles. The van der Waals surface area contributed by atoms with Crippen LogP contribution >= 0.6 is 22.6 Å². The lowest BCUT2D eigenvalue weighted by Gasteiger charge is -2.11. The summed E-state index contributed by atoms with van der Waals surface area (Å²) in [6, 6.07) is 15.8. The molecule has 0 radical (unpaired) electrons. The smallest absolute Gasteiger partial charge is 0.340 e. The highest BCUT2D eigenvalue weighted by atomic mass is 127. The summed E-state index contributed by atoms with van der Waals surface area (Å²) in [5.74, 6) is -0.0872. The fourth-order valence-electron chi connectivity index (χ4n) is 3.85. The molecule has 0 saturated carbocycles. The summed E-state index contributed by atoms with van der Waals surface area (Å²) in [5.41, 5.74) is 5.08. The average Bonchev–Trinajstić information content (AvgIpc) is 3.18. The molecule has 0 spiro atoms. The number of esters is 1. The van der Waals surface area contributed by atoms with E-state index in [4.69, 9.17) is 9.84 Å². The first kappa shape index (κ1) is 26.0. The normalized spacial score (nSPS) is 11.3. The van der Waals surface area contributed by atoms with Crippen LogP contribution in [0, 0.1) is 3.70 Å². The van der Waals surface area contributed by atoms with Crippen LogP contribution in [0.15, 0.2) is 53.6 Å². The van der Waals surface area contributed by atoms with Gasteiger partial charge in [-0.25, -0.2) is 9.47 Å². The number of unbranched alkanes of at least 4 members (excludes halogenated alkanes) is 2. The maximum absolute atomic E-state index is 12.5. The quantitative estimate of drug-likeness (QED) is 0.150. The molecular formula is C28H33IN2O3. The Kier molecular flexibility index (Phi) is 9.74. The Balaban J connectivity index is 2.08. The summed E-state index contributed by atoms with van der Waals surface area (Å²) in [6.07, 6.45) is 7.83. The van der Waals surface area contributed by atoms with Gasteiger partial charge in [0, 0.05) is 11.1 Å². The highest BCUT2D eigenvalue weighted by Gasteiger charge is 2.20. The molecule has 5 nitrogen and oxygen atoms in total. The van der Waals surface area contributed by atoms with Crippen molar-refractivity contribution in [3.8, 4) is 17.0 Å². The van der Waals surface area contributed by atoms with Gasteiger partial charge < -0.3 is 9.84 Å². The second-order valence-corrected chi connectivity index (χ2v) is 9.30. The zero-order chi connectivity index (χ0) is 24.5. The van der Waals surface area contributed by atoms with Gasteiger partial charge in [0.1, 0.15) is 9.45 Å². The first-order chi connectivity index (χ1) is 16.5. The SMILES string of the molecule is CCCCc1cc(/C=N/n2c(-c3ccccc3)cc(C(=O)OCC)c2I)c(O)c(CCCC)c1.